The SMILES string of the molecule is Cc1cc(C)c([N+](=O)[O-])cc1C#CCCO. The van der Waals surface area contributed by atoms with Gasteiger partial charge in [0.25, 0.3) is 5.69 Å². The second-order valence-corrected chi connectivity index (χ2v) is 3.49. The van der Waals surface area contributed by atoms with E-state index in [4.69, 9.17) is 5.11 Å². The highest BCUT2D eigenvalue weighted by atomic mass is 16.6. The van der Waals surface area contributed by atoms with Crippen LogP contribution in [-0.4, -0.2) is 16.6 Å². The largest absolute Gasteiger partial charge is 0.395 e. The van der Waals surface area contributed by atoms with Crippen molar-refractivity contribution in [3.05, 3.63) is 38.9 Å². The number of rotatable bonds is 2. The van der Waals surface area contributed by atoms with Gasteiger partial charge < -0.3 is 5.11 Å². The lowest BCUT2D eigenvalue weighted by molar-refractivity contribution is -0.385. The van der Waals surface area contributed by atoms with E-state index in [2.05, 4.69) is 11.8 Å². The topological polar surface area (TPSA) is 63.4 Å². The first-order valence-corrected chi connectivity index (χ1v) is 4.91. The molecule has 0 radical (unpaired) electrons. The lowest BCUT2D eigenvalue weighted by Crippen LogP contribution is -1.94. The fourth-order valence-electron chi connectivity index (χ4n) is 1.39. The zero-order chi connectivity index (χ0) is 12.1. The van der Waals surface area contributed by atoms with Crippen LogP contribution in [0.1, 0.15) is 23.1 Å². The summed E-state index contributed by atoms with van der Waals surface area (Å²) in [5.74, 6) is 5.58. The number of nitro benzene ring substituents is 1. The first-order chi connectivity index (χ1) is 7.56. The maximum Gasteiger partial charge on any atom is 0.273 e. The van der Waals surface area contributed by atoms with Crippen LogP contribution in [-0.2, 0) is 0 Å². The molecule has 1 rings (SSSR count). The van der Waals surface area contributed by atoms with Crippen molar-refractivity contribution in [3.8, 4) is 11.8 Å². The average molecular weight is 219 g/mol. The molecule has 1 N–H and O–H groups in total. The summed E-state index contributed by atoms with van der Waals surface area (Å²) in [6.07, 6.45) is 0.376. The first-order valence-electron chi connectivity index (χ1n) is 4.91. The van der Waals surface area contributed by atoms with Crippen molar-refractivity contribution in [2.45, 2.75) is 20.3 Å². The fraction of sp³-hybridized carbons (Fsp3) is 0.333. The normalized spacial score (nSPS) is 9.44. The number of aryl methyl sites for hydroxylation is 2. The molecule has 0 unspecified atom stereocenters. The molecular formula is C12H13NO3. The number of nitro groups is 1. The Morgan fingerprint density at radius 1 is 1.38 bits per heavy atom. The Bertz CT molecular complexity index is 469. The van der Waals surface area contributed by atoms with Crippen LogP contribution in [0.25, 0.3) is 0 Å². The Morgan fingerprint density at radius 3 is 2.62 bits per heavy atom. The molecule has 0 aliphatic carbocycles. The molecule has 4 heteroatoms. The predicted molar refractivity (Wildman–Crippen MR) is 61.2 cm³/mol. The molecule has 0 heterocycles. The second kappa shape index (κ2) is 5.29. The maximum absolute atomic E-state index is 10.7. The predicted octanol–water partition coefficient (Wildman–Crippen LogP) is 1.95. The highest BCUT2D eigenvalue weighted by molar-refractivity contribution is 5.52. The first kappa shape index (κ1) is 12.2. The minimum atomic E-state index is -0.411. The molecule has 0 saturated heterocycles. The maximum atomic E-state index is 10.7. The molecule has 0 bridgehead atoms. The molecule has 0 fully saturated rings. The van der Waals surface area contributed by atoms with E-state index in [-0.39, 0.29) is 12.3 Å². The summed E-state index contributed by atoms with van der Waals surface area (Å²) < 4.78 is 0. The summed E-state index contributed by atoms with van der Waals surface area (Å²) >= 11 is 0. The van der Waals surface area contributed by atoms with Gasteiger partial charge in [0.1, 0.15) is 0 Å². The van der Waals surface area contributed by atoms with Crippen LogP contribution >= 0.6 is 0 Å². The zero-order valence-corrected chi connectivity index (χ0v) is 9.28. The van der Waals surface area contributed by atoms with Gasteiger partial charge in [0, 0.05) is 23.6 Å². The standard InChI is InChI=1S/C12H13NO3/c1-9-7-10(2)12(13(15)16)8-11(9)5-3-4-6-14/h7-8,14H,4,6H2,1-2H3. The second-order valence-electron chi connectivity index (χ2n) is 3.49. The fourth-order valence-corrected chi connectivity index (χ4v) is 1.39. The molecule has 0 atom stereocenters. The Balaban J connectivity index is 3.16. The number of benzene rings is 1. The number of nitrogens with zero attached hydrogens (tertiary/aromatic N) is 1. The molecule has 0 aliphatic rings. The van der Waals surface area contributed by atoms with E-state index in [0.29, 0.717) is 17.5 Å². The van der Waals surface area contributed by atoms with Gasteiger partial charge >= 0.3 is 0 Å². The van der Waals surface area contributed by atoms with Gasteiger partial charge in [-0.15, -0.1) is 0 Å². The molecule has 0 aromatic heterocycles. The minimum absolute atomic E-state index is 0.00000220. The molecule has 1 aromatic rings. The van der Waals surface area contributed by atoms with Crippen LogP contribution < -0.4 is 0 Å². The Labute approximate surface area is 94.1 Å². The van der Waals surface area contributed by atoms with Gasteiger partial charge in [-0.05, 0) is 25.5 Å². The molecule has 1 aromatic carbocycles. The summed E-state index contributed by atoms with van der Waals surface area (Å²) in [6, 6.07) is 3.23. The molecule has 0 saturated carbocycles. The minimum Gasteiger partial charge on any atom is -0.395 e. The summed E-state index contributed by atoms with van der Waals surface area (Å²) in [5, 5.41) is 19.3. The molecule has 84 valence electrons. The monoisotopic (exact) mass is 219 g/mol. The summed E-state index contributed by atoms with van der Waals surface area (Å²) in [7, 11) is 0. The van der Waals surface area contributed by atoms with Crippen molar-refractivity contribution in [2.24, 2.45) is 0 Å². The van der Waals surface area contributed by atoms with E-state index >= 15 is 0 Å². The van der Waals surface area contributed by atoms with E-state index in [1.165, 1.54) is 6.07 Å². The van der Waals surface area contributed by atoms with Crippen LogP contribution in [0.15, 0.2) is 12.1 Å². The van der Waals surface area contributed by atoms with Crippen LogP contribution in [0.3, 0.4) is 0 Å². The molecular weight excluding hydrogens is 206 g/mol. The average Bonchev–Trinajstić information content (AvgIpc) is 2.21. The lowest BCUT2D eigenvalue weighted by Gasteiger charge is -2.01. The zero-order valence-electron chi connectivity index (χ0n) is 9.28. The number of aliphatic hydroxyl groups excluding tert-OH is 1. The van der Waals surface area contributed by atoms with E-state index in [0.717, 1.165) is 5.56 Å². The van der Waals surface area contributed by atoms with Gasteiger partial charge in [-0.3, -0.25) is 10.1 Å². The molecule has 16 heavy (non-hydrogen) atoms. The van der Waals surface area contributed by atoms with Crippen molar-refractivity contribution in [1.82, 2.24) is 0 Å². The van der Waals surface area contributed by atoms with Crippen LogP contribution in [0.5, 0.6) is 0 Å². The number of aliphatic hydroxyl groups is 1. The van der Waals surface area contributed by atoms with E-state index in [9.17, 15) is 10.1 Å². The van der Waals surface area contributed by atoms with Crippen molar-refractivity contribution < 1.29 is 10.0 Å². The van der Waals surface area contributed by atoms with Gasteiger partial charge in [-0.25, -0.2) is 0 Å². The Morgan fingerprint density at radius 2 is 2.06 bits per heavy atom. The lowest BCUT2D eigenvalue weighted by atomic mass is 10.0. The third-order valence-electron chi connectivity index (χ3n) is 2.20. The van der Waals surface area contributed by atoms with Crippen molar-refractivity contribution >= 4 is 5.69 Å². The third kappa shape index (κ3) is 2.81. The summed E-state index contributed by atoms with van der Waals surface area (Å²) in [5.41, 5.74) is 2.27. The number of hydrogen-bond donors (Lipinski definition) is 1. The summed E-state index contributed by atoms with van der Waals surface area (Å²) in [6.45, 7) is 3.57. The Kier molecular flexibility index (Phi) is 4.03. The van der Waals surface area contributed by atoms with Gasteiger partial charge in [0.05, 0.1) is 11.5 Å². The van der Waals surface area contributed by atoms with Crippen LogP contribution in [0.2, 0.25) is 0 Å². The Hall–Kier alpha value is -1.86. The van der Waals surface area contributed by atoms with Gasteiger partial charge in [0.2, 0.25) is 0 Å². The quantitative estimate of drug-likeness (QED) is 0.469. The third-order valence-corrected chi connectivity index (χ3v) is 2.20. The van der Waals surface area contributed by atoms with E-state index < -0.39 is 4.92 Å². The van der Waals surface area contributed by atoms with Crippen molar-refractivity contribution in [1.29, 1.82) is 0 Å². The van der Waals surface area contributed by atoms with E-state index in [1.807, 2.05) is 6.92 Å². The smallest absolute Gasteiger partial charge is 0.273 e. The highest BCUT2D eigenvalue weighted by Gasteiger charge is 2.12. The molecule has 0 amide bonds. The molecule has 4 nitrogen and oxygen atoms in total. The van der Waals surface area contributed by atoms with E-state index in [1.54, 1.807) is 13.0 Å². The molecule has 0 spiro atoms. The van der Waals surface area contributed by atoms with Gasteiger partial charge in [-0.1, -0.05) is 11.8 Å². The van der Waals surface area contributed by atoms with Crippen LogP contribution in [0, 0.1) is 35.8 Å². The summed E-state index contributed by atoms with van der Waals surface area (Å²) in [4.78, 5) is 10.3. The van der Waals surface area contributed by atoms with Crippen molar-refractivity contribution in [3.63, 3.8) is 0 Å². The number of hydrogen-bond acceptors (Lipinski definition) is 3. The van der Waals surface area contributed by atoms with Gasteiger partial charge in [-0.2, -0.15) is 0 Å². The van der Waals surface area contributed by atoms with Gasteiger partial charge in [0.15, 0.2) is 0 Å². The van der Waals surface area contributed by atoms with Crippen molar-refractivity contribution in [2.75, 3.05) is 6.61 Å². The highest BCUT2D eigenvalue weighted by Crippen LogP contribution is 2.21. The van der Waals surface area contributed by atoms with Crippen LogP contribution in [0.4, 0.5) is 5.69 Å². The molecule has 0 aliphatic heterocycles.